The lowest BCUT2D eigenvalue weighted by molar-refractivity contribution is -0.165. The maximum absolute atomic E-state index is 10.5. The molecule has 0 saturated carbocycles. The van der Waals surface area contributed by atoms with E-state index in [4.69, 9.17) is 14.6 Å². The van der Waals surface area contributed by atoms with Crippen LogP contribution in [0, 0.1) is 0 Å². The monoisotopic (exact) mass is 343 g/mol. The van der Waals surface area contributed by atoms with Crippen molar-refractivity contribution in [1.29, 1.82) is 0 Å². The summed E-state index contributed by atoms with van der Waals surface area (Å²) in [7, 11) is 0. The summed E-state index contributed by atoms with van der Waals surface area (Å²) in [5, 5.41) is 8.59. The summed E-state index contributed by atoms with van der Waals surface area (Å²) in [6, 6.07) is 7.73. The van der Waals surface area contributed by atoms with Gasteiger partial charge in [0.15, 0.2) is 0 Å². The van der Waals surface area contributed by atoms with Gasteiger partial charge in [0.1, 0.15) is 19.0 Å². The highest BCUT2D eigenvalue weighted by molar-refractivity contribution is 9.10. The molecule has 0 spiro atoms. The molecule has 1 aromatic rings. The minimum Gasteiger partial charge on any atom is -0.492 e. The van der Waals surface area contributed by atoms with Gasteiger partial charge in [0.2, 0.25) is 0 Å². The number of benzene rings is 1. The average molecular weight is 344 g/mol. The highest BCUT2D eigenvalue weighted by Crippen LogP contribution is 2.24. The largest absolute Gasteiger partial charge is 0.492 e. The molecule has 1 aliphatic heterocycles. The summed E-state index contributed by atoms with van der Waals surface area (Å²) < 4.78 is 12.0. The number of carbonyl (C=O) groups is 1. The molecule has 6 heteroatoms. The van der Waals surface area contributed by atoms with Crippen LogP contribution in [-0.4, -0.2) is 54.4 Å². The maximum Gasteiger partial charge on any atom is 0.329 e. The van der Waals surface area contributed by atoms with Crippen LogP contribution in [-0.2, 0) is 9.53 Å². The molecule has 110 valence electrons. The molecule has 0 radical (unpaired) electrons. The predicted molar refractivity (Wildman–Crippen MR) is 78.1 cm³/mol. The Labute approximate surface area is 126 Å². The molecule has 0 aromatic heterocycles. The van der Waals surface area contributed by atoms with E-state index in [0.29, 0.717) is 6.61 Å². The number of halogens is 1. The molecule has 20 heavy (non-hydrogen) atoms. The number of aliphatic carboxylic acids is 1. The maximum atomic E-state index is 10.5. The van der Waals surface area contributed by atoms with E-state index in [2.05, 4.69) is 20.8 Å². The van der Waals surface area contributed by atoms with Gasteiger partial charge >= 0.3 is 5.97 Å². The predicted octanol–water partition coefficient (Wildman–Crippen LogP) is 2.00. The molecule has 0 unspecified atom stereocenters. The van der Waals surface area contributed by atoms with Gasteiger partial charge in [-0.2, -0.15) is 0 Å². The zero-order valence-corrected chi connectivity index (χ0v) is 12.9. The quantitative estimate of drug-likeness (QED) is 0.820. The molecule has 1 aliphatic rings. The van der Waals surface area contributed by atoms with E-state index in [9.17, 15) is 4.79 Å². The van der Waals surface area contributed by atoms with Gasteiger partial charge in [-0.25, -0.2) is 4.79 Å². The first-order valence-corrected chi connectivity index (χ1v) is 7.23. The van der Waals surface area contributed by atoms with E-state index in [0.717, 1.165) is 29.9 Å². The van der Waals surface area contributed by atoms with Crippen LogP contribution in [0.4, 0.5) is 0 Å². The second-order valence-electron chi connectivity index (χ2n) is 5.15. The van der Waals surface area contributed by atoms with Crippen molar-refractivity contribution in [3.05, 3.63) is 28.7 Å². The van der Waals surface area contributed by atoms with Gasteiger partial charge < -0.3 is 14.6 Å². The molecule has 0 atom stereocenters. The van der Waals surface area contributed by atoms with E-state index < -0.39 is 5.97 Å². The highest BCUT2D eigenvalue weighted by atomic mass is 79.9. The number of ether oxygens (including phenoxy) is 2. The lowest BCUT2D eigenvalue weighted by Crippen LogP contribution is -2.62. The fraction of sp³-hybridized carbons (Fsp3) is 0.500. The number of hydrogen-bond acceptors (Lipinski definition) is 4. The van der Waals surface area contributed by atoms with Crippen molar-refractivity contribution < 1.29 is 19.4 Å². The Balaban J connectivity index is 1.64. The normalized spacial score (nSPS) is 17.5. The number of rotatable bonds is 7. The van der Waals surface area contributed by atoms with E-state index in [1.807, 2.05) is 31.2 Å². The number of hydrogen-bond donors (Lipinski definition) is 1. The van der Waals surface area contributed by atoms with Crippen molar-refractivity contribution in [3.8, 4) is 5.75 Å². The van der Waals surface area contributed by atoms with Gasteiger partial charge in [-0.1, -0.05) is 22.0 Å². The van der Waals surface area contributed by atoms with Gasteiger partial charge in [0, 0.05) is 24.1 Å². The molecule has 5 nitrogen and oxygen atoms in total. The fourth-order valence-electron chi connectivity index (χ4n) is 2.23. The number of carboxylic acids is 1. The van der Waals surface area contributed by atoms with Crippen molar-refractivity contribution >= 4 is 21.9 Å². The van der Waals surface area contributed by atoms with Crippen molar-refractivity contribution in [2.75, 3.05) is 32.8 Å². The lowest BCUT2D eigenvalue weighted by Gasteiger charge is -2.47. The number of nitrogens with zero attached hydrogens (tertiary/aromatic N) is 1. The summed E-state index contributed by atoms with van der Waals surface area (Å²) >= 11 is 3.40. The topological polar surface area (TPSA) is 59.0 Å². The summed E-state index contributed by atoms with van der Waals surface area (Å²) in [6.07, 6.45) is 0. The highest BCUT2D eigenvalue weighted by Gasteiger charge is 2.39. The summed E-state index contributed by atoms with van der Waals surface area (Å²) in [5.74, 6) is -0.0903. The SMILES string of the molecule is CC1(OCC(=O)O)CN(CCOc2cccc(Br)c2)C1. The van der Waals surface area contributed by atoms with E-state index in [1.54, 1.807) is 0 Å². The second kappa shape index (κ2) is 6.56. The van der Waals surface area contributed by atoms with Crippen LogP contribution in [0.15, 0.2) is 28.7 Å². The molecule has 2 rings (SSSR count). The van der Waals surface area contributed by atoms with Crippen LogP contribution in [0.5, 0.6) is 5.75 Å². The van der Waals surface area contributed by atoms with Crippen LogP contribution in [0.2, 0.25) is 0 Å². The average Bonchev–Trinajstić information content (AvgIpc) is 2.34. The molecule has 1 N–H and O–H groups in total. The minimum absolute atomic E-state index is 0.237. The summed E-state index contributed by atoms with van der Waals surface area (Å²) in [5.41, 5.74) is -0.339. The molecular formula is C14H18BrNO4. The number of carboxylic acid groups (broad SMARTS) is 1. The Morgan fingerprint density at radius 1 is 1.50 bits per heavy atom. The van der Waals surface area contributed by atoms with Gasteiger partial charge in [-0.05, 0) is 25.1 Å². The van der Waals surface area contributed by atoms with Crippen molar-refractivity contribution in [1.82, 2.24) is 4.90 Å². The van der Waals surface area contributed by atoms with Gasteiger partial charge in [0.05, 0.1) is 5.60 Å². The fourth-order valence-corrected chi connectivity index (χ4v) is 2.61. The standard InChI is InChI=1S/C14H18BrNO4/c1-14(20-8-13(17)18)9-16(10-14)5-6-19-12-4-2-3-11(15)7-12/h2-4,7H,5-6,8-10H2,1H3,(H,17,18). The zero-order chi connectivity index (χ0) is 14.6. The Hall–Kier alpha value is -1.11. The van der Waals surface area contributed by atoms with Gasteiger partial charge in [-0.3, -0.25) is 4.90 Å². The molecule has 0 bridgehead atoms. The third-order valence-electron chi connectivity index (χ3n) is 3.13. The number of likely N-dealkylation sites (tertiary alicyclic amines) is 1. The van der Waals surface area contributed by atoms with E-state index in [-0.39, 0.29) is 12.2 Å². The van der Waals surface area contributed by atoms with Crippen molar-refractivity contribution in [3.63, 3.8) is 0 Å². The minimum atomic E-state index is -0.928. The molecule has 1 aromatic carbocycles. The van der Waals surface area contributed by atoms with Gasteiger partial charge in [-0.15, -0.1) is 0 Å². The Morgan fingerprint density at radius 3 is 2.90 bits per heavy atom. The smallest absolute Gasteiger partial charge is 0.329 e. The molecule has 1 heterocycles. The van der Waals surface area contributed by atoms with Crippen LogP contribution >= 0.6 is 15.9 Å². The summed E-state index contributed by atoms with van der Waals surface area (Å²) in [4.78, 5) is 12.6. The Kier molecular flexibility index (Phi) is 5.01. The van der Waals surface area contributed by atoms with Crippen LogP contribution < -0.4 is 4.74 Å². The lowest BCUT2D eigenvalue weighted by atomic mass is 9.96. The second-order valence-corrected chi connectivity index (χ2v) is 6.06. The van der Waals surface area contributed by atoms with Crippen molar-refractivity contribution in [2.45, 2.75) is 12.5 Å². The zero-order valence-electron chi connectivity index (χ0n) is 11.3. The molecular weight excluding hydrogens is 326 g/mol. The van der Waals surface area contributed by atoms with Crippen LogP contribution in [0.1, 0.15) is 6.92 Å². The first kappa shape index (κ1) is 15.3. The third-order valence-corrected chi connectivity index (χ3v) is 3.63. The van der Waals surface area contributed by atoms with E-state index in [1.165, 1.54) is 0 Å². The molecule has 1 fully saturated rings. The molecule has 0 amide bonds. The molecule has 1 saturated heterocycles. The Morgan fingerprint density at radius 2 is 2.25 bits per heavy atom. The van der Waals surface area contributed by atoms with Gasteiger partial charge in [0.25, 0.3) is 0 Å². The Bertz CT molecular complexity index is 474. The first-order valence-electron chi connectivity index (χ1n) is 6.43. The van der Waals surface area contributed by atoms with E-state index >= 15 is 0 Å². The molecule has 0 aliphatic carbocycles. The van der Waals surface area contributed by atoms with Crippen molar-refractivity contribution in [2.24, 2.45) is 0 Å². The van der Waals surface area contributed by atoms with Crippen LogP contribution in [0.25, 0.3) is 0 Å². The third kappa shape index (κ3) is 4.47. The van der Waals surface area contributed by atoms with Crippen LogP contribution in [0.3, 0.4) is 0 Å². The first-order chi connectivity index (χ1) is 9.47. The summed E-state index contributed by atoms with van der Waals surface area (Å²) in [6.45, 7) is 4.58.